The summed E-state index contributed by atoms with van der Waals surface area (Å²) in [5.41, 5.74) is 0.946. The first-order valence-electron chi connectivity index (χ1n) is 8.47. The van der Waals surface area contributed by atoms with Crippen LogP contribution >= 0.6 is 0 Å². The first-order valence-corrected chi connectivity index (χ1v) is 8.47. The normalized spacial score (nSPS) is 15.3. The van der Waals surface area contributed by atoms with Crippen LogP contribution in [0.4, 0.5) is 0 Å². The first-order chi connectivity index (χ1) is 11.3. The Morgan fingerprint density at radius 3 is 2.17 bits per heavy atom. The van der Waals surface area contributed by atoms with Crippen LogP contribution in [-0.4, -0.2) is 54.9 Å². The van der Waals surface area contributed by atoms with Crippen LogP contribution in [0.1, 0.15) is 32.8 Å². The third-order valence-corrected chi connectivity index (χ3v) is 4.16. The quantitative estimate of drug-likeness (QED) is 0.850. The Morgan fingerprint density at radius 2 is 1.62 bits per heavy atom. The lowest BCUT2D eigenvalue weighted by atomic mass is 9.91. The molecule has 1 aliphatic rings. The number of benzene rings is 1. The molecule has 0 saturated carbocycles. The summed E-state index contributed by atoms with van der Waals surface area (Å²) < 4.78 is 5.19. The summed E-state index contributed by atoms with van der Waals surface area (Å²) in [4.78, 5) is 28.4. The van der Waals surface area contributed by atoms with E-state index in [0.717, 1.165) is 11.3 Å². The number of carbonyl (C=O) groups excluding carboxylic acids is 2. The van der Waals surface area contributed by atoms with Crippen LogP contribution in [0.25, 0.3) is 0 Å². The average molecular weight is 332 g/mol. The van der Waals surface area contributed by atoms with Crippen molar-refractivity contribution in [3.05, 3.63) is 29.8 Å². The Labute approximate surface area is 144 Å². The van der Waals surface area contributed by atoms with Crippen LogP contribution in [0.3, 0.4) is 0 Å². The monoisotopic (exact) mass is 332 g/mol. The molecule has 0 spiro atoms. The highest BCUT2D eigenvalue weighted by Gasteiger charge is 2.26. The second-order valence-electron chi connectivity index (χ2n) is 7.53. The van der Waals surface area contributed by atoms with Gasteiger partial charge < -0.3 is 14.5 Å². The molecule has 0 bridgehead atoms. The molecule has 1 aromatic rings. The maximum absolute atomic E-state index is 12.5. The van der Waals surface area contributed by atoms with Crippen LogP contribution in [0.15, 0.2) is 24.3 Å². The minimum atomic E-state index is -0.00357. The van der Waals surface area contributed by atoms with Gasteiger partial charge in [-0.15, -0.1) is 0 Å². The lowest BCUT2D eigenvalue weighted by Crippen LogP contribution is -2.51. The minimum Gasteiger partial charge on any atom is -0.497 e. The van der Waals surface area contributed by atoms with Crippen molar-refractivity contribution in [1.29, 1.82) is 0 Å². The fourth-order valence-electron chi connectivity index (χ4n) is 2.84. The molecule has 1 fully saturated rings. The summed E-state index contributed by atoms with van der Waals surface area (Å²) in [6, 6.07) is 7.59. The van der Waals surface area contributed by atoms with Gasteiger partial charge in [-0.25, -0.2) is 0 Å². The fourth-order valence-corrected chi connectivity index (χ4v) is 2.84. The van der Waals surface area contributed by atoms with Gasteiger partial charge in [0.15, 0.2) is 0 Å². The van der Waals surface area contributed by atoms with Gasteiger partial charge in [-0.1, -0.05) is 32.9 Å². The second-order valence-corrected chi connectivity index (χ2v) is 7.53. The zero-order chi connectivity index (χ0) is 17.7. The van der Waals surface area contributed by atoms with E-state index in [2.05, 4.69) is 20.8 Å². The summed E-state index contributed by atoms with van der Waals surface area (Å²) in [6.07, 6.45) is 0.915. The number of rotatable bonds is 4. The molecule has 1 aromatic carbocycles. The van der Waals surface area contributed by atoms with Gasteiger partial charge in [0.2, 0.25) is 11.8 Å². The van der Waals surface area contributed by atoms with Gasteiger partial charge in [0, 0.05) is 32.6 Å². The van der Waals surface area contributed by atoms with Crippen LogP contribution < -0.4 is 4.74 Å². The number of methoxy groups -OCH3 is 1. The van der Waals surface area contributed by atoms with Crippen molar-refractivity contribution < 1.29 is 14.3 Å². The number of nitrogens with zero attached hydrogens (tertiary/aromatic N) is 2. The Balaban J connectivity index is 1.85. The van der Waals surface area contributed by atoms with Crippen molar-refractivity contribution in [2.75, 3.05) is 33.3 Å². The van der Waals surface area contributed by atoms with Gasteiger partial charge in [-0.2, -0.15) is 0 Å². The SMILES string of the molecule is COc1cccc(CC(=O)N2CCN(C(=O)CC(C)(C)C)CC2)c1. The number of carbonyl (C=O) groups is 2. The van der Waals surface area contributed by atoms with E-state index in [0.29, 0.717) is 39.0 Å². The van der Waals surface area contributed by atoms with Crippen molar-refractivity contribution in [3.8, 4) is 5.75 Å². The molecule has 2 rings (SSSR count). The molecule has 1 heterocycles. The Morgan fingerprint density at radius 1 is 1.04 bits per heavy atom. The standard InChI is InChI=1S/C19H28N2O3/c1-19(2,3)14-18(23)21-10-8-20(9-11-21)17(22)13-15-6-5-7-16(12-15)24-4/h5-7,12H,8-11,13-14H2,1-4H3. The van der Waals surface area contributed by atoms with Crippen molar-refractivity contribution in [2.45, 2.75) is 33.6 Å². The van der Waals surface area contributed by atoms with Crippen molar-refractivity contribution in [3.63, 3.8) is 0 Å². The number of hydrogen-bond donors (Lipinski definition) is 0. The van der Waals surface area contributed by atoms with Gasteiger partial charge >= 0.3 is 0 Å². The van der Waals surface area contributed by atoms with Crippen molar-refractivity contribution in [2.24, 2.45) is 5.41 Å². The topological polar surface area (TPSA) is 49.9 Å². The van der Waals surface area contributed by atoms with E-state index in [1.807, 2.05) is 34.1 Å². The highest BCUT2D eigenvalue weighted by molar-refractivity contribution is 5.80. The van der Waals surface area contributed by atoms with Gasteiger partial charge in [0.1, 0.15) is 5.75 Å². The first kappa shape index (κ1) is 18.3. The molecular formula is C19H28N2O3. The largest absolute Gasteiger partial charge is 0.497 e. The molecule has 0 aliphatic carbocycles. The molecule has 0 atom stereocenters. The second kappa shape index (κ2) is 7.69. The molecule has 2 amide bonds. The predicted molar refractivity (Wildman–Crippen MR) is 93.9 cm³/mol. The van der Waals surface area contributed by atoms with Crippen LogP contribution in [0.5, 0.6) is 5.75 Å². The van der Waals surface area contributed by atoms with E-state index in [1.165, 1.54) is 0 Å². The lowest BCUT2D eigenvalue weighted by Gasteiger charge is -2.36. The molecule has 1 saturated heterocycles. The number of hydrogen-bond acceptors (Lipinski definition) is 3. The fraction of sp³-hybridized carbons (Fsp3) is 0.579. The molecule has 0 aromatic heterocycles. The minimum absolute atomic E-state index is 0.00357. The van der Waals surface area contributed by atoms with Gasteiger partial charge in [0.25, 0.3) is 0 Å². The zero-order valence-corrected chi connectivity index (χ0v) is 15.2. The zero-order valence-electron chi connectivity index (χ0n) is 15.2. The van der Waals surface area contributed by atoms with Crippen LogP contribution in [0, 0.1) is 5.41 Å². The summed E-state index contributed by atoms with van der Waals surface area (Å²) in [7, 11) is 1.62. The van der Waals surface area contributed by atoms with E-state index in [1.54, 1.807) is 7.11 Å². The van der Waals surface area contributed by atoms with Crippen LogP contribution in [0.2, 0.25) is 0 Å². The van der Waals surface area contributed by atoms with Gasteiger partial charge in [-0.05, 0) is 23.1 Å². The van der Waals surface area contributed by atoms with Crippen molar-refractivity contribution in [1.82, 2.24) is 9.80 Å². The van der Waals surface area contributed by atoms with E-state index in [-0.39, 0.29) is 17.2 Å². The summed E-state index contributed by atoms with van der Waals surface area (Å²) in [5, 5.41) is 0. The maximum Gasteiger partial charge on any atom is 0.227 e. The number of ether oxygens (including phenoxy) is 1. The molecule has 0 N–H and O–H groups in total. The smallest absolute Gasteiger partial charge is 0.227 e. The van der Waals surface area contributed by atoms with E-state index >= 15 is 0 Å². The summed E-state index contributed by atoms with van der Waals surface area (Å²) in [5.74, 6) is 1.05. The Hall–Kier alpha value is -2.04. The molecule has 5 nitrogen and oxygen atoms in total. The molecule has 0 radical (unpaired) electrons. The van der Waals surface area contributed by atoms with E-state index in [9.17, 15) is 9.59 Å². The third kappa shape index (κ3) is 5.25. The lowest BCUT2D eigenvalue weighted by molar-refractivity contribution is -0.140. The molecule has 5 heteroatoms. The molecule has 0 unspecified atom stereocenters. The Bertz CT molecular complexity index is 585. The highest BCUT2D eigenvalue weighted by atomic mass is 16.5. The average Bonchev–Trinajstić information content (AvgIpc) is 2.53. The molecular weight excluding hydrogens is 304 g/mol. The molecule has 1 aliphatic heterocycles. The Kier molecular flexibility index (Phi) is 5.86. The van der Waals surface area contributed by atoms with Crippen LogP contribution in [-0.2, 0) is 16.0 Å². The maximum atomic E-state index is 12.5. The van der Waals surface area contributed by atoms with Gasteiger partial charge in [0.05, 0.1) is 13.5 Å². The number of amides is 2. The molecule has 24 heavy (non-hydrogen) atoms. The summed E-state index contributed by atoms with van der Waals surface area (Å²) >= 11 is 0. The third-order valence-electron chi connectivity index (χ3n) is 4.16. The van der Waals surface area contributed by atoms with Crippen molar-refractivity contribution >= 4 is 11.8 Å². The highest BCUT2D eigenvalue weighted by Crippen LogP contribution is 2.20. The number of piperazine rings is 1. The van der Waals surface area contributed by atoms with Gasteiger partial charge in [-0.3, -0.25) is 9.59 Å². The summed E-state index contributed by atoms with van der Waals surface area (Å²) in [6.45, 7) is 8.67. The molecule has 132 valence electrons. The van der Waals surface area contributed by atoms with E-state index in [4.69, 9.17) is 4.74 Å². The van der Waals surface area contributed by atoms with E-state index < -0.39 is 0 Å². The predicted octanol–water partition coefficient (Wildman–Crippen LogP) is 2.34.